The Labute approximate surface area is 153 Å². The van der Waals surface area contributed by atoms with Gasteiger partial charge in [-0.15, -0.1) is 0 Å². The standard InChI is InChI=1S/C20H25FN4O/c1-14-18(12-22-13-19(24(3)4)20-6-5-11-26-20)15(2)25(23-14)17-9-7-16(21)8-10-17/h5-11,19,22H,12-13H2,1-4H3/p+2/t19-/m1/s1. The van der Waals surface area contributed by atoms with Gasteiger partial charge in [-0.05, 0) is 50.2 Å². The third-order valence-corrected chi connectivity index (χ3v) is 4.85. The minimum Gasteiger partial charge on any atom is -0.463 e. The lowest BCUT2D eigenvalue weighted by Crippen LogP contribution is -3.09. The molecule has 0 aliphatic rings. The molecule has 3 aromatic rings. The normalized spacial score (nSPS) is 12.7. The predicted molar refractivity (Wildman–Crippen MR) is 97.8 cm³/mol. The van der Waals surface area contributed by atoms with Crippen LogP contribution in [0.25, 0.3) is 5.69 Å². The second-order valence-electron chi connectivity index (χ2n) is 6.91. The van der Waals surface area contributed by atoms with Crippen LogP contribution in [-0.4, -0.2) is 30.4 Å². The van der Waals surface area contributed by atoms with Gasteiger partial charge in [0.05, 0.1) is 43.0 Å². The third kappa shape index (κ3) is 3.86. The number of aryl methyl sites for hydroxylation is 1. The molecule has 0 saturated heterocycles. The number of nitrogens with zero attached hydrogens (tertiary/aromatic N) is 2. The largest absolute Gasteiger partial charge is 0.463 e. The van der Waals surface area contributed by atoms with Gasteiger partial charge in [0.15, 0.2) is 11.8 Å². The van der Waals surface area contributed by atoms with Gasteiger partial charge in [-0.2, -0.15) is 5.10 Å². The first-order chi connectivity index (χ1) is 12.5. The highest BCUT2D eigenvalue weighted by molar-refractivity contribution is 5.36. The van der Waals surface area contributed by atoms with E-state index in [9.17, 15) is 4.39 Å². The van der Waals surface area contributed by atoms with E-state index in [-0.39, 0.29) is 5.82 Å². The summed E-state index contributed by atoms with van der Waals surface area (Å²) >= 11 is 0. The molecule has 0 unspecified atom stereocenters. The van der Waals surface area contributed by atoms with Crippen LogP contribution in [0.5, 0.6) is 0 Å². The summed E-state index contributed by atoms with van der Waals surface area (Å²) in [5, 5.41) is 6.94. The van der Waals surface area contributed by atoms with Crippen LogP contribution in [-0.2, 0) is 6.54 Å². The molecule has 3 rings (SSSR count). The maximum Gasteiger partial charge on any atom is 0.195 e. The summed E-state index contributed by atoms with van der Waals surface area (Å²) < 4.78 is 20.6. The van der Waals surface area contributed by atoms with Gasteiger partial charge in [-0.1, -0.05) is 0 Å². The average molecular weight is 358 g/mol. The van der Waals surface area contributed by atoms with E-state index in [0.29, 0.717) is 6.04 Å². The highest BCUT2D eigenvalue weighted by atomic mass is 19.1. The van der Waals surface area contributed by atoms with Crippen LogP contribution >= 0.6 is 0 Å². The van der Waals surface area contributed by atoms with Gasteiger partial charge >= 0.3 is 0 Å². The zero-order valence-corrected chi connectivity index (χ0v) is 15.8. The van der Waals surface area contributed by atoms with Gasteiger partial charge in [-0.3, -0.25) is 0 Å². The number of hydrogen-bond donors (Lipinski definition) is 2. The molecule has 5 nitrogen and oxygen atoms in total. The lowest BCUT2D eigenvalue weighted by atomic mass is 10.1. The summed E-state index contributed by atoms with van der Waals surface area (Å²) in [6, 6.07) is 10.7. The fraction of sp³-hybridized carbons (Fsp3) is 0.350. The SMILES string of the molecule is Cc1nn(-c2ccc(F)cc2)c(C)c1C[NH2+]C[C@H](c1ccco1)[NH+](C)C. The van der Waals surface area contributed by atoms with Crippen molar-refractivity contribution in [1.82, 2.24) is 9.78 Å². The van der Waals surface area contributed by atoms with Crippen LogP contribution in [0.3, 0.4) is 0 Å². The van der Waals surface area contributed by atoms with E-state index in [0.717, 1.165) is 35.9 Å². The molecule has 3 N–H and O–H groups in total. The van der Waals surface area contributed by atoms with Gasteiger partial charge < -0.3 is 14.6 Å². The molecular weight excluding hydrogens is 331 g/mol. The number of benzene rings is 1. The smallest absolute Gasteiger partial charge is 0.195 e. The van der Waals surface area contributed by atoms with Crippen LogP contribution in [0.15, 0.2) is 47.1 Å². The molecule has 138 valence electrons. The third-order valence-electron chi connectivity index (χ3n) is 4.85. The van der Waals surface area contributed by atoms with Crippen LogP contribution < -0.4 is 10.2 Å². The summed E-state index contributed by atoms with van der Waals surface area (Å²) in [6.45, 7) is 5.87. The molecule has 2 heterocycles. The van der Waals surface area contributed by atoms with E-state index >= 15 is 0 Å². The van der Waals surface area contributed by atoms with E-state index in [2.05, 4.69) is 31.4 Å². The summed E-state index contributed by atoms with van der Waals surface area (Å²) in [5.41, 5.74) is 4.21. The van der Waals surface area contributed by atoms with Crippen molar-refractivity contribution in [2.24, 2.45) is 0 Å². The number of hydrogen-bond acceptors (Lipinski definition) is 2. The molecule has 0 fully saturated rings. The predicted octanol–water partition coefficient (Wildman–Crippen LogP) is 1.17. The minimum atomic E-state index is -0.237. The number of nitrogens with two attached hydrogens (primary N) is 1. The molecule has 0 amide bonds. The van der Waals surface area contributed by atoms with Crippen molar-refractivity contribution in [2.75, 3.05) is 20.6 Å². The molecule has 0 aliphatic heterocycles. The maximum absolute atomic E-state index is 13.2. The average Bonchev–Trinajstić information content (AvgIpc) is 3.22. The minimum absolute atomic E-state index is 0.237. The van der Waals surface area contributed by atoms with Crippen molar-refractivity contribution >= 4 is 0 Å². The van der Waals surface area contributed by atoms with Crippen molar-refractivity contribution in [2.45, 2.75) is 26.4 Å². The zero-order chi connectivity index (χ0) is 18.7. The monoisotopic (exact) mass is 358 g/mol. The number of nitrogens with one attached hydrogen (secondary N) is 1. The number of quaternary nitrogens is 2. The number of halogens is 1. The Morgan fingerprint density at radius 1 is 1.19 bits per heavy atom. The molecule has 1 aromatic carbocycles. The molecule has 0 spiro atoms. The molecule has 0 radical (unpaired) electrons. The molecular formula is C20H27FN4O+2. The van der Waals surface area contributed by atoms with Crippen LogP contribution in [0.2, 0.25) is 0 Å². The van der Waals surface area contributed by atoms with Crippen molar-refractivity contribution in [3.8, 4) is 5.69 Å². The summed E-state index contributed by atoms with van der Waals surface area (Å²) in [6.07, 6.45) is 1.73. The van der Waals surface area contributed by atoms with Gasteiger partial charge in [0.25, 0.3) is 0 Å². The Balaban J connectivity index is 1.71. The number of aromatic nitrogens is 2. The van der Waals surface area contributed by atoms with Crippen LogP contribution in [0.4, 0.5) is 4.39 Å². The maximum atomic E-state index is 13.2. The lowest BCUT2D eigenvalue weighted by molar-refractivity contribution is -0.911. The molecule has 2 aromatic heterocycles. The Bertz CT molecular complexity index is 838. The van der Waals surface area contributed by atoms with Crippen molar-refractivity contribution in [1.29, 1.82) is 0 Å². The summed E-state index contributed by atoms with van der Waals surface area (Å²) in [7, 11) is 4.29. The van der Waals surface area contributed by atoms with E-state index in [4.69, 9.17) is 4.42 Å². The van der Waals surface area contributed by atoms with Crippen LogP contribution in [0.1, 0.15) is 28.8 Å². The topological polar surface area (TPSA) is 52.0 Å². The van der Waals surface area contributed by atoms with Crippen LogP contribution in [0, 0.1) is 19.7 Å². The first-order valence-electron chi connectivity index (χ1n) is 8.93. The van der Waals surface area contributed by atoms with Gasteiger partial charge in [0, 0.05) is 0 Å². The molecule has 0 bridgehead atoms. The highest BCUT2D eigenvalue weighted by Crippen LogP contribution is 2.17. The van der Waals surface area contributed by atoms with Crippen molar-refractivity contribution in [3.63, 3.8) is 0 Å². The quantitative estimate of drug-likeness (QED) is 0.666. The van der Waals surface area contributed by atoms with E-state index in [1.165, 1.54) is 22.6 Å². The summed E-state index contributed by atoms with van der Waals surface area (Å²) in [5.74, 6) is 0.774. The van der Waals surface area contributed by atoms with E-state index in [1.807, 2.05) is 23.7 Å². The molecule has 6 heteroatoms. The molecule has 1 atom stereocenters. The van der Waals surface area contributed by atoms with Crippen molar-refractivity contribution in [3.05, 3.63) is 71.2 Å². The fourth-order valence-electron chi connectivity index (χ4n) is 3.32. The first kappa shape index (κ1) is 18.4. The van der Waals surface area contributed by atoms with Crippen molar-refractivity contribution < 1.29 is 19.0 Å². The Hall–Kier alpha value is -2.44. The molecule has 26 heavy (non-hydrogen) atoms. The molecule has 0 aliphatic carbocycles. The number of furan rings is 1. The lowest BCUT2D eigenvalue weighted by Gasteiger charge is -2.17. The Kier molecular flexibility index (Phi) is 5.54. The highest BCUT2D eigenvalue weighted by Gasteiger charge is 2.23. The van der Waals surface area contributed by atoms with E-state index in [1.54, 1.807) is 18.4 Å². The Morgan fingerprint density at radius 3 is 2.54 bits per heavy atom. The summed E-state index contributed by atoms with van der Waals surface area (Å²) in [4.78, 5) is 1.34. The number of rotatable bonds is 7. The molecule has 0 saturated carbocycles. The Morgan fingerprint density at radius 2 is 1.92 bits per heavy atom. The number of likely N-dealkylation sites (N-methyl/N-ethyl adjacent to an activating group) is 1. The first-order valence-corrected chi connectivity index (χ1v) is 8.93. The van der Waals surface area contributed by atoms with Gasteiger partial charge in [-0.25, -0.2) is 9.07 Å². The second-order valence-corrected chi connectivity index (χ2v) is 6.91. The second kappa shape index (κ2) is 7.85. The van der Waals surface area contributed by atoms with E-state index < -0.39 is 0 Å². The van der Waals surface area contributed by atoms with Gasteiger partial charge in [0.1, 0.15) is 18.9 Å². The zero-order valence-electron chi connectivity index (χ0n) is 15.8. The van der Waals surface area contributed by atoms with Gasteiger partial charge in [0.2, 0.25) is 0 Å². The fourth-order valence-corrected chi connectivity index (χ4v) is 3.32.